The molecule has 2 aromatic carbocycles. The number of anilines is 1. The van der Waals surface area contributed by atoms with Crippen LogP contribution in [0.2, 0.25) is 0 Å². The molecule has 1 aliphatic rings. The average molecular weight is 422 g/mol. The lowest BCUT2D eigenvalue weighted by atomic mass is 9.84. The first-order valence-corrected chi connectivity index (χ1v) is 11.1. The maximum absolute atomic E-state index is 12.7. The first-order chi connectivity index (χ1) is 14.4. The third-order valence-electron chi connectivity index (χ3n) is 6.06. The molecule has 166 valence electrons. The SMILES string of the molecule is CC(=O)c1c(C)c(NC(=O)CC(C)(C)C)c(C)c2c1OC[C@H]2c1ccc(C(C)C)cc1. The second-order valence-electron chi connectivity index (χ2n) is 10.3. The lowest BCUT2D eigenvalue weighted by Gasteiger charge is -2.22. The van der Waals surface area contributed by atoms with Crippen LogP contribution < -0.4 is 10.1 Å². The molecule has 31 heavy (non-hydrogen) atoms. The molecule has 1 aliphatic heterocycles. The quantitative estimate of drug-likeness (QED) is 0.559. The molecule has 0 unspecified atom stereocenters. The lowest BCUT2D eigenvalue weighted by Crippen LogP contribution is -2.21. The van der Waals surface area contributed by atoms with Gasteiger partial charge in [0, 0.05) is 23.6 Å². The van der Waals surface area contributed by atoms with E-state index in [9.17, 15) is 9.59 Å². The molecule has 0 spiro atoms. The maximum atomic E-state index is 12.7. The number of nitrogens with one attached hydrogen (secondary N) is 1. The van der Waals surface area contributed by atoms with Crippen molar-refractivity contribution in [2.75, 3.05) is 11.9 Å². The van der Waals surface area contributed by atoms with E-state index in [-0.39, 0.29) is 23.0 Å². The molecule has 2 aromatic rings. The fourth-order valence-corrected chi connectivity index (χ4v) is 4.49. The number of fused-ring (bicyclic) bond motifs is 1. The van der Waals surface area contributed by atoms with Crippen molar-refractivity contribution >= 4 is 17.4 Å². The predicted molar refractivity (Wildman–Crippen MR) is 126 cm³/mol. The molecule has 0 aromatic heterocycles. The Morgan fingerprint density at radius 2 is 1.71 bits per heavy atom. The van der Waals surface area contributed by atoms with Gasteiger partial charge in [-0.3, -0.25) is 9.59 Å². The van der Waals surface area contributed by atoms with Crippen LogP contribution in [0, 0.1) is 19.3 Å². The van der Waals surface area contributed by atoms with Crippen LogP contribution in [0.1, 0.15) is 98.0 Å². The molecule has 3 rings (SSSR count). The van der Waals surface area contributed by atoms with Crippen molar-refractivity contribution in [1.29, 1.82) is 0 Å². The van der Waals surface area contributed by atoms with Gasteiger partial charge in [-0.1, -0.05) is 58.9 Å². The number of Topliss-reactive ketones (excluding diaryl/α,β-unsaturated/α-hetero) is 1. The molecule has 1 amide bonds. The third kappa shape index (κ3) is 4.68. The van der Waals surface area contributed by atoms with Crippen molar-refractivity contribution in [3.05, 3.63) is 57.6 Å². The minimum absolute atomic E-state index is 0.0354. The summed E-state index contributed by atoms with van der Waals surface area (Å²) in [6.07, 6.45) is 0.412. The molecule has 0 saturated heterocycles. The van der Waals surface area contributed by atoms with Gasteiger partial charge in [-0.05, 0) is 54.4 Å². The van der Waals surface area contributed by atoms with E-state index in [1.165, 1.54) is 5.56 Å². The average Bonchev–Trinajstić information content (AvgIpc) is 3.08. The number of carbonyl (C=O) groups excluding carboxylic acids is 2. The molecular formula is C27H35NO3. The summed E-state index contributed by atoms with van der Waals surface area (Å²) in [7, 11) is 0. The Kier molecular flexibility index (Phi) is 6.31. The van der Waals surface area contributed by atoms with E-state index < -0.39 is 0 Å². The van der Waals surface area contributed by atoms with E-state index in [2.05, 4.69) is 43.4 Å². The van der Waals surface area contributed by atoms with Gasteiger partial charge in [0.05, 0.1) is 12.2 Å². The zero-order chi connectivity index (χ0) is 23.1. The third-order valence-corrected chi connectivity index (χ3v) is 6.06. The molecule has 1 heterocycles. The van der Waals surface area contributed by atoms with E-state index in [0.29, 0.717) is 30.3 Å². The summed E-state index contributed by atoms with van der Waals surface area (Å²) in [6.45, 7) is 16.5. The van der Waals surface area contributed by atoms with Crippen LogP contribution in [0.5, 0.6) is 5.75 Å². The smallest absolute Gasteiger partial charge is 0.224 e. The molecule has 0 fully saturated rings. The highest BCUT2D eigenvalue weighted by atomic mass is 16.5. The second-order valence-corrected chi connectivity index (χ2v) is 10.3. The van der Waals surface area contributed by atoms with Crippen LogP contribution in [-0.4, -0.2) is 18.3 Å². The van der Waals surface area contributed by atoms with Gasteiger partial charge in [-0.2, -0.15) is 0 Å². The summed E-state index contributed by atoms with van der Waals surface area (Å²) in [5.41, 5.74) is 6.44. The number of ether oxygens (including phenoxy) is 1. The second kappa shape index (κ2) is 8.49. The van der Waals surface area contributed by atoms with E-state index >= 15 is 0 Å². The number of ketones is 1. The Morgan fingerprint density at radius 1 is 1.10 bits per heavy atom. The predicted octanol–water partition coefficient (Wildman–Crippen LogP) is 6.53. The van der Waals surface area contributed by atoms with Gasteiger partial charge in [0.1, 0.15) is 5.75 Å². The Balaban J connectivity index is 2.10. The van der Waals surface area contributed by atoms with Crippen LogP contribution in [0.3, 0.4) is 0 Å². The molecule has 0 saturated carbocycles. The van der Waals surface area contributed by atoms with Crippen LogP contribution in [0.25, 0.3) is 0 Å². The highest BCUT2D eigenvalue weighted by molar-refractivity contribution is 6.03. The summed E-state index contributed by atoms with van der Waals surface area (Å²) < 4.78 is 6.10. The summed E-state index contributed by atoms with van der Waals surface area (Å²) in [4.78, 5) is 25.3. The van der Waals surface area contributed by atoms with Crippen LogP contribution >= 0.6 is 0 Å². The summed E-state index contributed by atoms with van der Waals surface area (Å²) in [5, 5.41) is 3.11. The van der Waals surface area contributed by atoms with Crippen molar-refractivity contribution in [3.8, 4) is 5.75 Å². The standard InChI is InChI=1S/C27H35NO3/c1-15(2)19-9-11-20(12-10-19)21-14-31-26-23(18(5)29)16(3)25(17(4)24(21)26)28-22(30)13-27(6,7)8/h9-12,15,21H,13-14H2,1-8H3,(H,28,30)/t21-/m0/s1. The number of rotatable bonds is 5. The Morgan fingerprint density at radius 3 is 2.23 bits per heavy atom. The molecule has 4 nitrogen and oxygen atoms in total. The van der Waals surface area contributed by atoms with Gasteiger partial charge >= 0.3 is 0 Å². The van der Waals surface area contributed by atoms with Crippen molar-refractivity contribution in [2.24, 2.45) is 5.41 Å². The zero-order valence-corrected chi connectivity index (χ0v) is 20.1. The number of amides is 1. The van der Waals surface area contributed by atoms with Gasteiger partial charge in [-0.15, -0.1) is 0 Å². The minimum Gasteiger partial charge on any atom is -0.491 e. The van der Waals surface area contributed by atoms with Gasteiger partial charge in [0.2, 0.25) is 5.91 Å². The molecule has 1 N–H and O–H groups in total. The van der Waals surface area contributed by atoms with E-state index in [0.717, 1.165) is 27.9 Å². The van der Waals surface area contributed by atoms with Crippen molar-refractivity contribution in [1.82, 2.24) is 0 Å². The largest absolute Gasteiger partial charge is 0.491 e. The number of hydrogen-bond acceptors (Lipinski definition) is 3. The Bertz CT molecular complexity index is 1010. The molecular weight excluding hydrogens is 386 g/mol. The molecule has 0 radical (unpaired) electrons. The van der Waals surface area contributed by atoms with Crippen LogP contribution in [-0.2, 0) is 4.79 Å². The maximum Gasteiger partial charge on any atom is 0.224 e. The van der Waals surface area contributed by atoms with Gasteiger partial charge in [-0.25, -0.2) is 0 Å². The van der Waals surface area contributed by atoms with E-state index in [1.807, 2.05) is 34.6 Å². The molecule has 0 bridgehead atoms. The zero-order valence-electron chi connectivity index (χ0n) is 20.1. The first kappa shape index (κ1) is 23.1. The lowest BCUT2D eigenvalue weighted by molar-refractivity contribution is -0.117. The summed E-state index contributed by atoms with van der Waals surface area (Å²) in [5.74, 6) is 1.10. The summed E-state index contributed by atoms with van der Waals surface area (Å²) in [6, 6.07) is 8.64. The summed E-state index contributed by atoms with van der Waals surface area (Å²) >= 11 is 0. The van der Waals surface area contributed by atoms with Crippen LogP contribution in [0.15, 0.2) is 24.3 Å². The number of carbonyl (C=O) groups is 2. The number of hydrogen-bond donors (Lipinski definition) is 1. The van der Waals surface area contributed by atoms with E-state index in [1.54, 1.807) is 6.92 Å². The molecule has 1 atom stereocenters. The van der Waals surface area contributed by atoms with Crippen molar-refractivity contribution in [2.45, 2.75) is 73.6 Å². The highest BCUT2D eigenvalue weighted by Gasteiger charge is 2.34. The number of benzene rings is 2. The fourth-order valence-electron chi connectivity index (χ4n) is 4.49. The van der Waals surface area contributed by atoms with E-state index in [4.69, 9.17) is 4.74 Å². The highest BCUT2D eigenvalue weighted by Crippen LogP contribution is 2.47. The van der Waals surface area contributed by atoms with Crippen molar-refractivity contribution in [3.63, 3.8) is 0 Å². The van der Waals surface area contributed by atoms with Gasteiger partial charge in [0.15, 0.2) is 5.78 Å². The normalized spacial score (nSPS) is 15.6. The molecule has 0 aliphatic carbocycles. The van der Waals surface area contributed by atoms with Gasteiger partial charge < -0.3 is 10.1 Å². The monoisotopic (exact) mass is 421 g/mol. The molecule has 4 heteroatoms. The topological polar surface area (TPSA) is 55.4 Å². The Labute approximate surface area is 186 Å². The fraction of sp³-hybridized carbons (Fsp3) is 0.481. The van der Waals surface area contributed by atoms with Crippen molar-refractivity contribution < 1.29 is 14.3 Å². The van der Waals surface area contributed by atoms with Gasteiger partial charge in [0.25, 0.3) is 0 Å². The van der Waals surface area contributed by atoms with Crippen LogP contribution in [0.4, 0.5) is 5.69 Å². The Hall–Kier alpha value is -2.62. The first-order valence-electron chi connectivity index (χ1n) is 11.1. The minimum atomic E-state index is -0.115.